The Balaban J connectivity index is 1.42. The van der Waals surface area contributed by atoms with Gasteiger partial charge in [0.25, 0.3) is 0 Å². The molecule has 0 unspecified atom stereocenters. The smallest absolute Gasteiger partial charge is 0.226 e. The van der Waals surface area contributed by atoms with E-state index in [-0.39, 0.29) is 11.8 Å². The number of nitrogens with zero attached hydrogens (tertiary/aromatic N) is 2. The van der Waals surface area contributed by atoms with Crippen LogP contribution < -0.4 is 0 Å². The normalized spacial score (nSPS) is 22.1. The van der Waals surface area contributed by atoms with E-state index in [4.69, 9.17) is 11.6 Å². The molecular formula is C21H22ClN3O2. The first kappa shape index (κ1) is 17.0. The van der Waals surface area contributed by atoms with Crippen molar-refractivity contribution in [3.8, 4) is 0 Å². The number of benzene rings is 1. The summed E-state index contributed by atoms with van der Waals surface area (Å²) >= 11 is 6.24. The Hall–Kier alpha value is -2.11. The summed E-state index contributed by atoms with van der Waals surface area (Å²) in [5, 5.41) is 19.7. The van der Waals surface area contributed by atoms with E-state index in [0.29, 0.717) is 18.1 Å². The number of amides is 1. The van der Waals surface area contributed by atoms with Gasteiger partial charge in [0.2, 0.25) is 5.91 Å². The summed E-state index contributed by atoms with van der Waals surface area (Å²) in [7, 11) is 0. The van der Waals surface area contributed by atoms with Gasteiger partial charge in [0.15, 0.2) is 0 Å². The first-order chi connectivity index (χ1) is 13.0. The van der Waals surface area contributed by atoms with Crippen LogP contribution in [-0.2, 0) is 10.4 Å². The van der Waals surface area contributed by atoms with Gasteiger partial charge in [0, 0.05) is 35.0 Å². The summed E-state index contributed by atoms with van der Waals surface area (Å²) in [6.07, 6.45) is 11.0. The highest BCUT2D eigenvalue weighted by molar-refractivity contribution is 6.31. The van der Waals surface area contributed by atoms with Crippen molar-refractivity contribution < 1.29 is 9.90 Å². The number of aliphatic hydroxyl groups is 1. The van der Waals surface area contributed by atoms with Gasteiger partial charge >= 0.3 is 0 Å². The van der Waals surface area contributed by atoms with Crippen molar-refractivity contribution in [3.05, 3.63) is 52.2 Å². The number of aromatic amines is 1. The molecule has 0 atom stereocenters. The molecule has 1 saturated heterocycles. The van der Waals surface area contributed by atoms with Crippen LogP contribution in [-0.4, -0.2) is 39.2 Å². The van der Waals surface area contributed by atoms with Gasteiger partial charge < -0.3 is 10.0 Å². The largest absolute Gasteiger partial charge is 0.377 e. The second-order valence-electron chi connectivity index (χ2n) is 7.98. The number of H-pyrrole nitrogens is 1. The quantitative estimate of drug-likeness (QED) is 0.830. The Bertz CT molecular complexity index is 962. The second-order valence-corrected chi connectivity index (χ2v) is 8.41. The molecule has 27 heavy (non-hydrogen) atoms. The molecule has 2 fully saturated rings. The van der Waals surface area contributed by atoms with Gasteiger partial charge in [0.1, 0.15) is 5.60 Å². The molecule has 2 aromatic rings. The molecule has 0 bridgehead atoms. The van der Waals surface area contributed by atoms with Crippen LogP contribution in [0, 0.1) is 5.92 Å². The fourth-order valence-corrected chi connectivity index (χ4v) is 5.00. The topological polar surface area (TPSA) is 69.2 Å². The van der Waals surface area contributed by atoms with E-state index in [2.05, 4.69) is 10.2 Å². The van der Waals surface area contributed by atoms with Crippen molar-refractivity contribution in [2.24, 2.45) is 5.92 Å². The summed E-state index contributed by atoms with van der Waals surface area (Å²) in [6, 6.07) is 3.59. The van der Waals surface area contributed by atoms with E-state index < -0.39 is 5.60 Å². The lowest BCUT2D eigenvalue weighted by atomic mass is 9.88. The molecule has 6 heteroatoms. The average Bonchev–Trinajstić information content (AvgIpc) is 3.34. The van der Waals surface area contributed by atoms with E-state index in [1.807, 2.05) is 17.1 Å². The number of halogens is 1. The van der Waals surface area contributed by atoms with Gasteiger partial charge in [0.05, 0.1) is 11.7 Å². The number of likely N-dealkylation sites (tertiary alicyclic amines) is 1. The lowest BCUT2D eigenvalue weighted by molar-refractivity contribution is -0.135. The lowest BCUT2D eigenvalue weighted by Gasteiger charge is -2.26. The molecule has 1 aromatic heterocycles. The number of carbonyl (C=O) groups is 1. The van der Waals surface area contributed by atoms with Crippen molar-refractivity contribution in [1.82, 2.24) is 15.1 Å². The minimum absolute atomic E-state index is 0.177. The SMILES string of the molecule is O=C(C1CCCCC1)N1CC2=CC(O)(c3cc(Cl)cc4[nH]ncc34)C=C2C1. The van der Waals surface area contributed by atoms with Crippen molar-refractivity contribution in [2.45, 2.75) is 37.7 Å². The molecule has 5 rings (SSSR count). The maximum Gasteiger partial charge on any atom is 0.226 e. The molecule has 140 valence electrons. The zero-order chi connectivity index (χ0) is 18.6. The molecular weight excluding hydrogens is 362 g/mol. The highest BCUT2D eigenvalue weighted by atomic mass is 35.5. The maximum atomic E-state index is 12.8. The predicted molar refractivity (Wildman–Crippen MR) is 104 cm³/mol. The third-order valence-electron chi connectivity index (χ3n) is 6.14. The highest BCUT2D eigenvalue weighted by Gasteiger charge is 2.39. The van der Waals surface area contributed by atoms with Crippen LogP contribution in [0.2, 0.25) is 5.02 Å². The standard InChI is InChI=1S/C21H22ClN3O2/c22-16-6-18(17-10-23-24-19(17)7-16)21(27)8-14-11-25(12-15(14)9-21)20(26)13-4-2-1-3-5-13/h6-10,13,27H,1-5,11-12H2,(H,23,24). The minimum atomic E-state index is -1.21. The number of carbonyl (C=O) groups excluding carboxylic acids is 1. The summed E-state index contributed by atoms with van der Waals surface area (Å²) in [6.45, 7) is 1.16. The Kier molecular flexibility index (Phi) is 3.92. The number of nitrogens with one attached hydrogen (secondary N) is 1. The third-order valence-corrected chi connectivity index (χ3v) is 6.36. The van der Waals surface area contributed by atoms with Crippen LogP contribution in [0.25, 0.3) is 10.9 Å². The van der Waals surface area contributed by atoms with E-state index in [1.165, 1.54) is 6.42 Å². The monoisotopic (exact) mass is 383 g/mol. The molecule has 1 aliphatic heterocycles. The summed E-state index contributed by atoms with van der Waals surface area (Å²) in [5.41, 5.74) is 2.39. The first-order valence-electron chi connectivity index (χ1n) is 9.61. The van der Waals surface area contributed by atoms with Crippen LogP contribution in [0.3, 0.4) is 0 Å². The van der Waals surface area contributed by atoms with E-state index in [9.17, 15) is 9.90 Å². The number of fused-ring (bicyclic) bond motifs is 2. The van der Waals surface area contributed by atoms with E-state index in [0.717, 1.165) is 53.3 Å². The van der Waals surface area contributed by atoms with Crippen LogP contribution in [0.5, 0.6) is 0 Å². The number of rotatable bonds is 2. The molecule has 2 N–H and O–H groups in total. The highest BCUT2D eigenvalue weighted by Crippen LogP contribution is 2.42. The molecule has 1 aromatic carbocycles. The van der Waals surface area contributed by atoms with Gasteiger partial charge in [-0.05, 0) is 48.3 Å². The van der Waals surface area contributed by atoms with Crippen molar-refractivity contribution in [2.75, 3.05) is 13.1 Å². The molecule has 0 spiro atoms. The fraction of sp³-hybridized carbons (Fsp3) is 0.429. The third kappa shape index (κ3) is 2.80. The van der Waals surface area contributed by atoms with Crippen LogP contribution >= 0.6 is 11.6 Å². The van der Waals surface area contributed by atoms with E-state index in [1.54, 1.807) is 18.3 Å². The molecule has 1 amide bonds. The zero-order valence-electron chi connectivity index (χ0n) is 15.0. The number of aromatic nitrogens is 2. The zero-order valence-corrected chi connectivity index (χ0v) is 15.8. The van der Waals surface area contributed by atoms with Gasteiger partial charge in [-0.1, -0.05) is 30.9 Å². The molecule has 0 radical (unpaired) electrons. The molecule has 3 aliphatic rings. The Labute approximate surface area is 162 Å². The Morgan fingerprint density at radius 3 is 2.59 bits per heavy atom. The van der Waals surface area contributed by atoms with Crippen LogP contribution in [0.4, 0.5) is 0 Å². The molecule has 5 nitrogen and oxygen atoms in total. The second kappa shape index (κ2) is 6.21. The molecule has 2 heterocycles. The maximum absolute atomic E-state index is 12.8. The van der Waals surface area contributed by atoms with Crippen molar-refractivity contribution in [1.29, 1.82) is 0 Å². The van der Waals surface area contributed by atoms with Crippen LogP contribution in [0.15, 0.2) is 41.6 Å². The summed E-state index contributed by atoms with van der Waals surface area (Å²) < 4.78 is 0. The van der Waals surface area contributed by atoms with Crippen molar-refractivity contribution >= 4 is 28.4 Å². The van der Waals surface area contributed by atoms with Gasteiger partial charge in [-0.15, -0.1) is 0 Å². The summed E-state index contributed by atoms with van der Waals surface area (Å²) in [4.78, 5) is 14.8. The lowest BCUT2D eigenvalue weighted by Crippen LogP contribution is -2.35. The Morgan fingerprint density at radius 2 is 1.89 bits per heavy atom. The first-order valence-corrected chi connectivity index (χ1v) is 9.99. The minimum Gasteiger partial charge on any atom is -0.377 e. The van der Waals surface area contributed by atoms with Gasteiger partial charge in [-0.2, -0.15) is 5.10 Å². The number of hydrogen-bond donors (Lipinski definition) is 2. The molecule has 1 saturated carbocycles. The van der Waals surface area contributed by atoms with Crippen molar-refractivity contribution in [3.63, 3.8) is 0 Å². The van der Waals surface area contributed by atoms with Crippen LogP contribution in [0.1, 0.15) is 37.7 Å². The Morgan fingerprint density at radius 1 is 1.19 bits per heavy atom. The fourth-order valence-electron chi connectivity index (χ4n) is 4.79. The average molecular weight is 384 g/mol. The van der Waals surface area contributed by atoms with Gasteiger partial charge in [-0.25, -0.2) is 0 Å². The molecule has 2 aliphatic carbocycles. The van der Waals surface area contributed by atoms with Gasteiger partial charge in [-0.3, -0.25) is 9.89 Å². The predicted octanol–water partition coefficient (Wildman–Crippen LogP) is 3.69. The van der Waals surface area contributed by atoms with E-state index >= 15 is 0 Å². The summed E-state index contributed by atoms with van der Waals surface area (Å²) in [5.74, 6) is 0.450. The number of hydrogen-bond acceptors (Lipinski definition) is 3.